The molecule has 0 radical (unpaired) electrons. The van der Waals surface area contributed by atoms with E-state index in [0.29, 0.717) is 31.0 Å². The van der Waals surface area contributed by atoms with Crippen LogP contribution < -0.4 is 0 Å². The number of sulfonamides is 1. The van der Waals surface area contributed by atoms with Crippen LogP contribution >= 0.6 is 23.2 Å². The highest BCUT2D eigenvalue weighted by Gasteiger charge is 2.36. The van der Waals surface area contributed by atoms with Crippen molar-refractivity contribution in [1.29, 1.82) is 0 Å². The van der Waals surface area contributed by atoms with Gasteiger partial charge in [-0.2, -0.15) is 4.31 Å². The first-order valence-corrected chi connectivity index (χ1v) is 15.1. The van der Waals surface area contributed by atoms with E-state index in [4.69, 9.17) is 23.2 Å². The van der Waals surface area contributed by atoms with Gasteiger partial charge in [-0.1, -0.05) is 83.9 Å². The number of halogens is 2. The second kappa shape index (κ2) is 11.8. The predicted molar refractivity (Wildman–Crippen MR) is 151 cm³/mol. The van der Waals surface area contributed by atoms with Crippen LogP contribution in [0.4, 0.5) is 0 Å². The van der Waals surface area contributed by atoms with Gasteiger partial charge in [0.15, 0.2) is 0 Å². The zero-order valence-corrected chi connectivity index (χ0v) is 23.4. The van der Waals surface area contributed by atoms with Crippen molar-refractivity contribution in [1.82, 2.24) is 14.1 Å². The fraction of sp³-hybridized carbons (Fsp3) is 0.345. The second-order valence-electron chi connectivity index (χ2n) is 9.84. The summed E-state index contributed by atoms with van der Waals surface area (Å²) in [6.45, 7) is 3.44. The van der Waals surface area contributed by atoms with Gasteiger partial charge in [-0.15, -0.1) is 0 Å². The predicted octanol–water partition coefficient (Wildman–Crippen LogP) is 5.33. The molecule has 0 aromatic heterocycles. The summed E-state index contributed by atoms with van der Waals surface area (Å²) in [6.07, 6.45) is 0.986. The maximum atomic E-state index is 13.4. The van der Waals surface area contributed by atoms with E-state index in [1.807, 2.05) is 17.0 Å². The number of benzene rings is 3. The Hall–Kier alpha value is -2.42. The summed E-state index contributed by atoms with van der Waals surface area (Å²) >= 11 is 12.2. The fourth-order valence-electron chi connectivity index (χ4n) is 5.50. The molecule has 0 bridgehead atoms. The standard InChI is InChI=1S/C29H31Cl2N3O3S/c30-25-11-12-26(31)27(21-25)38(36,37)34-15-13-24(14-16-34)29(35)33-19-17-32(18-20-33)28(22-7-3-1-4-8-22)23-9-5-2-6-10-23/h1-12,21,24,28H,13-20H2. The zero-order chi connectivity index (χ0) is 26.7. The minimum Gasteiger partial charge on any atom is -0.340 e. The molecule has 2 aliphatic heterocycles. The molecule has 0 saturated carbocycles. The van der Waals surface area contributed by atoms with E-state index in [1.165, 1.54) is 27.6 Å². The Labute approximate surface area is 234 Å². The third-order valence-electron chi connectivity index (χ3n) is 7.54. The molecule has 38 heavy (non-hydrogen) atoms. The number of piperidine rings is 1. The van der Waals surface area contributed by atoms with Crippen LogP contribution in [0.25, 0.3) is 0 Å². The highest BCUT2D eigenvalue weighted by atomic mass is 35.5. The number of carbonyl (C=O) groups excluding carboxylic acids is 1. The highest BCUT2D eigenvalue weighted by Crippen LogP contribution is 2.32. The lowest BCUT2D eigenvalue weighted by Crippen LogP contribution is -2.52. The molecule has 5 rings (SSSR count). The molecule has 0 spiro atoms. The summed E-state index contributed by atoms with van der Waals surface area (Å²) in [7, 11) is -3.77. The number of rotatable bonds is 6. The van der Waals surface area contributed by atoms with Crippen LogP contribution in [0.15, 0.2) is 83.8 Å². The maximum absolute atomic E-state index is 13.4. The smallest absolute Gasteiger partial charge is 0.244 e. The van der Waals surface area contributed by atoms with Crippen molar-refractivity contribution in [2.24, 2.45) is 5.92 Å². The first-order chi connectivity index (χ1) is 18.3. The zero-order valence-electron chi connectivity index (χ0n) is 21.0. The number of hydrogen-bond donors (Lipinski definition) is 0. The summed E-state index contributed by atoms with van der Waals surface area (Å²) in [5, 5.41) is 0.466. The van der Waals surface area contributed by atoms with Gasteiger partial charge in [0.2, 0.25) is 15.9 Å². The van der Waals surface area contributed by atoms with E-state index in [1.54, 1.807) is 6.07 Å². The van der Waals surface area contributed by atoms with Gasteiger partial charge in [-0.25, -0.2) is 8.42 Å². The summed E-state index contributed by atoms with van der Waals surface area (Å²) in [4.78, 5) is 17.8. The Morgan fingerprint density at radius 3 is 1.87 bits per heavy atom. The van der Waals surface area contributed by atoms with Crippen molar-refractivity contribution in [3.63, 3.8) is 0 Å². The third kappa shape index (κ3) is 5.77. The van der Waals surface area contributed by atoms with Gasteiger partial charge in [-0.3, -0.25) is 9.69 Å². The third-order valence-corrected chi connectivity index (χ3v) is 10.2. The quantitative estimate of drug-likeness (QED) is 0.401. The molecular formula is C29H31Cl2N3O3S. The molecule has 9 heteroatoms. The molecule has 3 aromatic carbocycles. The van der Waals surface area contributed by atoms with Gasteiger partial charge in [0.25, 0.3) is 0 Å². The van der Waals surface area contributed by atoms with Crippen molar-refractivity contribution in [2.45, 2.75) is 23.8 Å². The van der Waals surface area contributed by atoms with Crippen molar-refractivity contribution in [3.05, 3.63) is 100 Å². The number of piperazine rings is 1. The van der Waals surface area contributed by atoms with Gasteiger partial charge < -0.3 is 4.90 Å². The number of carbonyl (C=O) groups is 1. The Morgan fingerprint density at radius 1 is 0.763 bits per heavy atom. The molecule has 3 aromatic rings. The Balaban J connectivity index is 1.20. The molecule has 200 valence electrons. The van der Waals surface area contributed by atoms with E-state index in [-0.39, 0.29) is 40.9 Å². The highest BCUT2D eigenvalue weighted by molar-refractivity contribution is 7.89. The van der Waals surface area contributed by atoms with Crippen LogP contribution in [0, 0.1) is 5.92 Å². The lowest BCUT2D eigenvalue weighted by atomic mass is 9.95. The molecule has 0 aliphatic carbocycles. The minimum absolute atomic E-state index is 0.0129. The number of amides is 1. The average Bonchev–Trinajstić information content (AvgIpc) is 2.96. The lowest BCUT2D eigenvalue weighted by Gasteiger charge is -2.41. The molecule has 0 unspecified atom stereocenters. The SMILES string of the molecule is O=C(C1CCN(S(=O)(=O)c2cc(Cl)ccc2Cl)CC1)N1CCN(C(c2ccccc2)c2ccccc2)CC1. The molecule has 0 N–H and O–H groups in total. The molecular weight excluding hydrogens is 541 g/mol. The van der Waals surface area contributed by atoms with Crippen molar-refractivity contribution in [3.8, 4) is 0 Å². The van der Waals surface area contributed by atoms with Gasteiger partial charge in [0.1, 0.15) is 4.90 Å². The molecule has 2 heterocycles. The van der Waals surface area contributed by atoms with Crippen LogP contribution in [0.3, 0.4) is 0 Å². The summed E-state index contributed by atoms with van der Waals surface area (Å²) in [5.74, 6) is -0.0552. The number of nitrogens with zero attached hydrogens (tertiary/aromatic N) is 3. The van der Waals surface area contributed by atoms with E-state index in [9.17, 15) is 13.2 Å². The summed E-state index contributed by atoms with van der Waals surface area (Å²) in [5.41, 5.74) is 2.48. The fourth-order valence-corrected chi connectivity index (χ4v) is 7.71. The van der Waals surface area contributed by atoms with Crippen molar-refractivity contribution < 1.29 is 13.2 Å². The Morgan fingerprint density at radius 2 is 1.32 bits per heavy atom. The molecule has 0 atom stereocenters. The van der Waals surface area contributed by atoms with Gasteiger partial charge in [-0.05, 0) is 42.2 Å². The summed E-state index contributed by atoms with van der Waals surface area (Å²) < 4.78 is 27.7. The van der Waals surface area contributed by atoms with E-state index >= 15 is 0 Å². The first kappa shape index (κ1) is 27.2. The van der Waals surface area contributed by atoms with Crippen molar-refractivity contribution >= 4 is 39.1 Å². The minimum atomic E-state index is -3.77. The topological polar surface area (TPSA) is 60.9 Å². The van der Waals surface area contributed by atoms with Gasteiger partial charge in [0, 0.05) is 50.2 Å². The van der Waals surface area contributed by atoms with E-state index < -0.39 is 10.0 Å². The van der Waals surface area contributed by atoms with Crippen LogP contribution in [0.1, 0.15) is 30.0 Å². The van der Waals surface area contributed by atoms with Gasteiger partial charge >= 0.3 is 0 Å². The van der Waals surface area contributed by atoms with Crippen LogP contribution in [0.2, 0.25) is 10.0 Å². The summed E-state index contributed by atoms with van der Waals surface area (Å²) in [6, 6.07) is 25.6. The molecule has 2 aliphatic rings. The van der Waals surface area contributed by atoms with E-state index in [0.717, 1.165) is 13.1 Å². The Kier molecular flexibility index (Phi) is 8.41. The van der Waals surface area contributed by atoms with Crippen LogP contribution in [-0.2, 0) is 14.8 Å². The number of hydrogen-bond acceptors (Lipinski definition) is 4. The second-order valence-corrected chi connectivity index (χ2v) is 12.6. The first-order valence-electron chi connectivity index (χ1n) is 12.9. The lowest BCUT2D eigenvalue weighted by molar-refractivity contribution is -0.138. The molecule has 6 nitrogen and oxygen atoms in total. The molecule has 1 amide bonds. The molecule has 2 saturated heterocycles. The van der Waals surface area contributed by atoms with Gasteiger partial charge in [0.05, 0.1) is 11.1 Å². The normalized spacial score (nSPS) is 18.1. The van der Waals surface area contributed by atoms with E-state index in [2.05, 4.69) is 53.4 Å². The van der Waals surface area contributed by atoms with Crippen LogP contribution in [0.5, 0.6) is 0 Å². The average molecular weight is 573 g/mol. The molecule has 2 fully saturated rings. The largest absolute Gasteiger partial charge is 0.340 e. The Bertz CT molecular complexity index is 1320. The van der Waals surface area contributed by atoms with Crippen LogP contribution in [-0.4, -0.2) is 67.7 Å². The maximum Gasteiger partial charge on any atom is 0.244 e. The van der Waals surface area contributed by atoms with Crippen molar-refractivity contribution in [2.75, 3.05) is 39.3 Å². The monoisotopic (exact) mass is 571 g/mol.